The molecular weight excluding hydrogens is 276 g/mol. The van der Waals surface area contributed by atoms with E-state index >= 15 is 0 Å². The van der Waals surface area contributed by atoms with Crippen molar-refractivity contribution in [2.24, 2.45) is 0 Å². The molecule has 0 atom stereocenters. The van der Waals surface area contributed by atoms with Gasteiger partial charge in [-0.15, -0.1) is 0 Å². The van der Waals surface area contributed by atoms with E-state index in [2.05, 4.69) is 26.7 Å². The number of hydrogen-bond acceptors (Lipinski definition) is 5. The van der Waals surface area contributed by atoms with Crippen LogP contribution in [0.5, 0.6) is 0 Å². The summed E-state index contributed by atoms with van der Waals surface area (Å²) < 4.78 is 5.43. The van der Waals surface area contributed by atoms with E-state index in [1.54, 1.807) is 0 Å². The minimum Gasteiger partial charge on any atom is -0.377 e. The van der Waals surface area contributed by atoms with Crippen LogP contribution < -0.4 is 4.90 Å². The maximum Gasteiger partial charge on any atom is 0.134 e. The zero-order chi connectivity index (χ0) is 14.2. The third-order valence-electron chi connectivity index (χ3n) is 4.47. The maximum atomic E-state index is 6.02. The van der Waals surface area contributed by atoms with E-state index in [4.69, 9.17) is 16.3 Å². The Morgan fingerprint density at radius 2 is 1.95 bits per heavy atom. The number of aromatic nitrogens is 2. The summed E-state index contributed by atoms with van der Waals surface area (Å²) in [5.74, 6) is 1.67. The third kappa shape index (κ3) is 2.50. The number of rotatable bonds is 3. The van der Waals surface area contributed by atoms with Gasteiger partial charge in [-0.2, -0.15) is 0 Å². The molecule has 6 heteroatoms. The van der Waals surface area contributed by atoms with Crippen molar-refractivity contribution >= 4 is 17.4 Å². The molecule has 1 aromatic rings. The van der Waals surface area contributed by atoms with Crippen molar-refractivity contribution in [1.29, 1.82) is 0 Å². The maximum absolute atomic E-state index is 6.02. The molecule has 0 bridgehead atoms. The molecular formula is C14H21ClN4O. The standard InChI is InChI=1S/C14H21ClN4O/c1-3-14(9-20-10-14)19-6-4-18(5-7-19)13-8-12(15)16-11(2)17-13/h8H,3-7,9-10H2,1-2H3. The summed E-state index contributed by atoms with van der Waals surface area (Å²) >= 11 is 6.02. The Labute approximate surface area is 124 Å². The zero-order valence-electron chi connectivity index (χ0n) is 12.1. The lowest BCUT2D eigenvalue weighted by Crippen LogP contribution is -2.66. The normalized spacial score (nSPS) is 22.6. The molecule has 3 heterocycles. The predicted octanol–water partition coefficient (Wildman–Crippen LogP) is 1.74. The van der Waals surface area contributed by atoms with Crippen LogP contribution in [-0.4, -0.2) is 59.8 Å². The quantitative estimate of drug-likeness (QED) is 0.795. The molecule has 1 aromatic heterocycles. The fourth-order valence-electron chi connectivity index (χ4n) is 3.04. The van der Waals surface area contributed by atoms with Crippen molar-refractivity contribution in [1.82, 2.24) is 14.9 Å². The van der Waals surface area contributed by atoms with Gasteiger partial charge in [0.15, 0.2) is 0 Å². The number of halogens is 1. The number of anilines is 1. The van der Waals surface area contributed by atoms with E-state index in [-0.39, 0.29) is 5.54 Å². The van der Waals surface area contributed by atoms with Crippen LogP contribution in [-0.2, 0) is 4.74 Å². The van der Waals surface area contributed by atoms with E-state index in [0.717, 1.165) is 57.5 Å². The molecule has 0 aliphatic carbocycles. The van der Waals surface area contributed by atoms with Crippen molar-refractivity contribution in [3.05, 3.63) is 17.0 Å². The first-order valence-corrected chi connectivity index (χ1v) is 7.60. The van der Waals surface area contributed by atoms with Gasteiger partial charge in [0.25, 0.3) is 0 Å². The molecule has 2 fully saturated rings. The summed E-state index contributed by atoms with van der Waals surface area (Å²) in [6.07, 6.45) is 1.16. The molecule has 0 N–H and O–H groups in total. The fourth-order valence-corrected chi connectivity index (χ4v) is 3.26. The molecule has 5 nitrogen and oxygen atoms in total. The van der Waals surface area contributed by atoms with Gasteiger partial charge in [-0.3, -0.25) is 4.90 Å². The second-order valence-electron chi connectivity index (χ2n) is 5.64. The average Bonchev–Trinajstić information content (AvgIpc) is 2.38. The molecule has 0 spiro atoms. The van der Waals surface area contributed by atoms with Crippen LogP contribution in [0.2, 0.25) is 5.15 Å². The molecule has 0 saturated carbocycles. The van der Waals surface area contributed by atoms with Crippen LogP contribution >= 0.6 is 11.6 Å². The SMILES string of the molecule is CCC1(N2CCN(c3cc(Cl)nc(C)n3)CC2)COC1. The van der Waals surface area contributed by atoms with E-state index < -0.39 is 0 Å². The van der Waals surface area contributed by atoms with Crippen molar-refractivity contribution in [2.45, 2.75) is 25.8 Å². The Morgan fingerprint density at radius 3 is 2.45 bits per heavy atom. The van der Waals surface area contributed by atoms with Gasteiger partial charge in [0.1, 0.15) is 16.8 Å². The summed E-state index contributed by atoms with van der Waals surface area (Å²) in [5, 5.41) is 0.521. The molecule has 2 saturated heterocycles. The molecule has 20 heavy (non-hydrogen) atoms. The lowest BCUT2D eigenvalue weighted by atomic mass is 9.91. The van der Waals surface area contributed by atoms with Gasteiger partial charge in [-0.05, 0) is 13.3 Å². The number of ether oxygens (including phenoxy) is 1. The minimum atomic E-state index is 0.283. The second kappa shape index (κ2) is 5.47. The first-order chi connectivity index (χ1) is 9.63. The Bertz CT molecular complexity index is 458. The molecule has 0 unspecified atom stereocenters. The molecule has 2 aliphatic heterocycles. The number of nitrogens with zero attached hydrogens (tertiary/aromatic N) is 4. The van der Waals surface area contributed by atoms with Gasteiger partial charge < -0.3 is 9.64 Å². The van der Waals surface area contributed by atoms with Crippen LogP contribution in [0, 0.1) is 6.92 Å². The molecule has 2 aliphatic rings. The van der Waals surface area contributed by atoms with Crippen LogP contribution in [0.3, 0.4) is 0 Å². The Kier molecular flexibility index (Phi) is 3.84. The highest BCUT2D eigenvalue weighted by atomic mass is 35.5. The van der Waals surface area contributed by atoms with E-state index in [0.29, 0.717) is 5.15 Å². The second-order valence-corrected chi connectivity index (χ2v) is 6.03. The summed E-state index contributed by atoms with van der Waals surface area (Å²) in [4.78, 5) is 13.5. The first-order valence-electron chi connectivity index (χ1n) is 7.22. The van der Waals surface area contributed by atoms with Crippen molar-refractivity contribution in [3.63, 3.8) is 0 Å². The number of piperazine rings is 1. The van der Waals surface area contributed by atoms with Gasteiger partial charge in [-0.1, -0.05) is 18.5 Å². The monoisotopic (exact) mass is 296 g/mol. The highest BCUT2D eigenvalue weighted by molar-refractivity contribution is 6.29. The molecule has 0 aromatic carbocycles. The zero-order valence-corrected chi connectivity index (χ0v) is 12.9. The Hall–Kier alpha value is -0.910. The number of hydrogen-bond donors (Lipinski definition) is 0. The van der Waals surface area contributed by atoms with Crippen LogP contribution in [0.15, 0.2) is 6.07 Å². The van der Waals surface area contributed by atoms with Gasteiger partial charge >= 0.3 is 0 Å². The smallest absolute Gasteiger partial charge is 0.134 e. The Balaban J connectivity index is 1.66. The van der Waals surface area contributed by atoms with E-state index in [1.165, 1.54) is 0 Å². The molecule has 110 valence electrons. The topological polar surface area (TPSA) is 41.5 Å². The predicted molar refractivity (Wildman–Crippen MR) is 79.4 cm³/mol. The molecule has 0 radical (unpaired) electrons. The van der Waals surface area contributed by atoms with E-state index in [1.807, 2.05) is 13.0 Å². The minimum absolute atomic E-state index is 0.283. The van der Waals surface area contributed by atoms with Gasteiger partial charge in [-0.25, -0.2) is 9.97 Å². The van der Waals surface area contributed by atoms with Gasteiger partial charge in [0, 0.05) is 32.2 Å². The lowest BCUT2D eigenvalue weighted by molar-refractivity contribution is -0.143. The van der Waals surface area contributed by atoms with Crippen molar-refractivity contribution in [2.75, 3.05) is 44.3 Å². The summed E-state index contributed by atoms with van der Waals surface area (Å²) in [7, 11) is 0. The highest BCUT2D eigenvalue weighted by Crippen LogP contribution is 2.30. The molecule has 3 rings (SSSR count). The molecule has 0 amide bonds. The highest BCUT2D eigenvalue weighted by Gasteiger charge is 2.43. The summed E-state index contributed by atoms with van der Waals surface area (Å²) in [5.41, 5.74) is 0.283. The fraction of sp³-hybridized carbons (Fsp3) is 0.714. The first kappa shape index (κ1) is 14.0. The van der Waals surface area contributed by atoms with Crippen LogP contribution in [0.4, 0.5) is 5.82 Å². The largest absolute Gasteiger partial charge is 0.377 e. The van der Waals surface area contributed by atoms with E-state index in [9.17, 15) is 0 Å². The van der Waals surface area contributed by atoms with Crippen LogP contribution in [0.25, 0.3) is 0 Å². The third-order valence-corrected chi connectivity index (χ3v) is 4.66. The van der Waals surface area contributed by atoms with Crippen molar-refractivity contribution < 1.29 is 4.74 Å². The van der Waals surface area contributed by atoms with Crippen molar-refractivity contribution in [3.8, 4) is 0 Å². The lowest BCUT2D eigenvalue weighted by Gasteiger charge is -2.52. The summed E-state index contributed by atoms with van der Waals surface area (Å²) in [6.45, 7) is 9.95. The average molecular weight is 297 g/mol. The van der Waals surface area contributed by atoms with Gasteiger partial charge in [0.2, 0.25) is 0 Å². The van der Waals surface area contributed by atoms with Crippen LogP contribution in [0.1, 0.15) is 19.2 Å². The summed E-state index contributed by atoms with van der Waals surface area (Å²) in [6, 6.07) is 1.85. The number of aryl methyl sites for hydroxylation is 1. The van der Waals surface area contributed by atoms with Gasteiger partial charge in [0.05, 0.1) is 18.8 Å². The Morgan fingerprint density at radius 1 is 1.25 bits per heavy atom.